The monoisotopic (exact) mass is 198 g/mol. The SMILES string of the molecule is CC1CCN(C2CCC(N)(CO)C2)C1. The Balaban J connectivity index is 1.89. The third kappa shape index (κ3) is 1.95. The lowest BCUT2D eigenvalue weighted by atomic mass is 10.0. The highest BCUT2D eigenvalue weighted by Gasteiger charge is 2.39. The van der Waals surface area contributed by atoms with Crippen LogP contribution in [0.2, 0.25) is 0 Å². The smallest absolute Gasteiger partial charge is 0.0611 e. The number of aliphatic hydroxyl groups is 1. The van der Waals surface area contributed by atoms with E-state index in [0.29, 0.717) is 6.04 Å². The van der Waals surface area contributed by atoms with E-state index in [0.717, 1.165) is 18.8 Å². The second kappa shape index (κ2) is 3.80. The third-order valence-electron chi connectivity index (χ3n) is 3.90. The van der Waals surface area contributed by atoms with Gasteiger partial charge in [0.2, 0.25) is 0 Å². The van der Waals surface area contributed by atoms with Crippen molar-refractivity contribution in [2.45, 2.75) is 44.2 Å². The van der Waals surface area contributed by atoms with Gasteiger partial charge in [-0.2, -0.15) is 0 Å². The first kappa shape index (κ1) is 10.4. The molecule has 3 N–H and O–H groups in total. The lowest BCUT2D eigenvalue weighted by Crippen LogP contribution is -2.43. The van der Waals surface area contributed by atoms with E-state index < -0.39 is 0 Å². The summed E-state index contributed by atoms with van der Waals surface area (Å²) in [6.07, 6.45) is 4.46. The Kier molecular flexibility index (Phi) is 2.82. The van der Waals surface area contributed by atoms with Crippen LogP contribution >= 0.6 is 0 Å². The zero-order chi connectivity index (χ0) is 10.2. The van der Waals surface area contributed by atoms with E-state index in [-0.39, 0.29) is 12.1 Å². The number of rotatable bonds is 2. The number of hydrogen-bond donors (Lipinski definition) is 2. The molecule has 1 saturated heterocycles. The Bertz CT molecular complexity index is 209. The van der Waals surface area contributed by atoms with Gasteiger partial charge in [0.15, 0.2) is 0 Å². The summed E-state index contributed by atoms with van der Waals surface area (Å²) in [6.45, 7) is 4.92. The maximum Gasteiger partial charge on any atom is 0.0611 e. The van der Waals surface area contributed by atoms with E-state index >= 15 is 0 Å². The summed E-state index contributed by atoms with van der Waals surface area (Å²) >= 11 is 0. The fourth-order valence-electron chi connectivity index (χ4n) is 2.88. The molecule has 2 fully saturated rings. The summed E-state index contributed by atoms with van der Waals surface area (Å²) in [5.74, 6) is 0.844. The number of likely N-dealkylation sites (tertiary alicyclic amines) is 1. The van der Waals surface area contributed by atoms with Gasteiger partial charge in [-0.1, -0.05) is 6.92 Å². The largest absolute Gasteiger partial charge is 0.394 e. The van der Waals surface area contributed by atoms with Crippen LogP contribution in [-0.4, -0.2) is 41.3 Å². The molecule has 0 spiro atoms. The normalized spacial score (nSPS) is 44.8. The molecule has 0 radical (unpaired) electrons. The van der Waals surface area contributed by atoms with E-state index in [1.54, 1.807) is 0 Å². The molecule has 1 aliphatic heterocycles. The zero-order valence-corrected chi connectivity index (χ0v) is 9.08. The molecule has 3 nitrogen and oxygen atoms in total. The van der Waals surface area contributed by atoms with Crippen LogP contribution in [0.5, 0.6) is 0 Å². The molecule has 0 aromatic rings. The van der Waals surface area contributed by atoms with Crippen LogP contribution in [-0.2, 0) is 0 Å². The maximum absolute atomic E-state index is 9.19. The molecule has 1 heterocycles. The molecule has 2 rings (SSSR count). The van der Waals surface area contributed by atoms with Gasteiger partial charge in [0, 0.05) is 18.1 Å². The van der Waals surface area contributed by atoms with Crippen molar-refractivity contribution >= 4 is 0 Å². The van der Waals surface area contributed by atoms with Crippen LogP contribution in [0.1, 0.15) is 32.6 Å². The Morgan fingerprint density at radius 2 is 2.29 bits per heavy atom. The molecular weight excluding hydrogens is 176 g/mol. The molecular formula is C11H22N2O. The van der Waals surface area contributed by atoms with E-state index in [1.807, 2.05) is 0 Å². The van der Waals surface area contributed by atoms with E-state index in [9.17, 15) is 5.11 Å². The molecule has 3 unspecified atom stereocenters. The van der Waals surface area contributed by atoms with Gasteiger partial charge in [-0.05, 0) is 38.1 Å². The highest BCUT2D eigenvalue weighted by atomic mass is 16.3. The second-order valence-corrected chi connectivity index (χ2v) is 5.31. The zero-order valence-electron chi connectivity index (χ0n) is 9.08. The lowest BCUT2D eigenvalue weighted by Gasteiger charge is -2.26. The van der Waals surface area contributed by atoms with Crippen molar-refractivity contribution in [2.75, 3.05) is 19.7 Å². The molecule has 3 atom stereocenters. The summed E-state index contributed by atoms with van der Waals surface area (Å²) in [4.78, 5) is 2.56. The van der Waals surface area contributed by atoms with Crippen LogP contribution in [0.3, 0.4) is 0 Å². The van der Waals surface area contributed by atoms with Gasteiger partial charge in [0.1, 0.15) is 0 Å². The predicted molar refractivity (Wildman–Crippen MR) is 57.0 cm³/mol. The molecule has 1 saturated carbocycles. The fourth-order valence-corrected chi connectivity index (χ4v) is 2.88. The van der Waals surface area contributed by atoms with Gasteiger partial charge in [-0.3, -0.25) is 0 Å². The molecule has 0 aromatic carbocycles. The van der Waals surface area contributed by atoms with Gasteiger partial charge in [0.05, 0.1) is 6.61 Å². The average Bonchev–Trinajstić information content (AvgIpc) is 2.73. The van der Waals surface area contributed by atoms with Gasteiger partial charge < -0.3 is 15.7 Å². The highest BCUT2D eigenvalue weighted by molar-refractivity contribution is 4.98. The minimum atomic E-state index is -0.281. The summed E-state index contributed by atoms with van der Waals surface area (Å²) in [5, 5.41) is 9.19. The predicted octanol–water partition coefficient (Wildman–Crippen LogP) is 0.571. The van der Waals surface area contributed by atoms with Crippen molar-refractivity contribution < 1.29 is 5.11 Å². The summed E-state index contributed by atoms with van der Waals surface area (Å²) in [5.41, 5.74) is 5.79. The molecule has 3 heteroatoms. The van der Waals surface area contributed by atoms with Crippen LogP contribution in [0.25, 0.3) is 0 Å². The first-order chi connectivity index (χ1) is 6.63. The van der Waals surface area contributed by atoms with Crippen LogP contribution in [0, 0.1) is 5.92 Å². The number of nitrogens with two attached hydrogens (primary N) is 1. The summed E-state index contributed by atoms with van der Waals surface area (Å²) < 4.78 is 0. The molecule has 0 aromatic heterocycles. The standard InChI is InChI=1S/C11H22N2O/c1-9-3-5-13(7-9)10-2-4-11(12,6-10)8-14/h9-10,14H,2-8,12H2,1H3. The fraction of sp³-hybridized carbons (Fsp3) is 1.00. The quantitative estimate of drug-likeness (QED) is 0.682. The van der Waals surface area contributed by atoms with Crippen molar-refractivity contribution in [3.8, 4) is 0 Å². The number of hydrogen-bond acceptors (Lipinski definition) is 3. The Morgan fingerprint density at radius 3 is 2.79 bits per heavy atom. The number of aliphatic hydroxyl groups excluding tert-OH is 1. The van der Waals surface area contributed by atoms with Gasteiger partial charge in [-0.15, -0.1) is 0 Å². The highest BCUT2D eigenvalue weighted by Crippen LogP contribution is 2.33. The minimum absolute atomic E-state index is 0.146. The van der Waals surface area contributed by atoms with Crippen molar-refractivity contribution in [3.05, 3.63) is 0 Å². The lowest BCUT2D eigenvalue weighted by molar-refractivity contribution is 0.179. The summed E-state index contributed by atoms with van der Waals surface area (Å²) in [7, 11) is 0. The molecule has 14 heavy (non-hydrogen) atoms. The number of nitrogens with zero attached hydrogens (tertiary/aromatic N) is 1. The minimum Gasteiger partial charge on any atom is -0.394 e. The average molecular weight is 198 g/mol. The third-order valence-corrected chi connectivity index (χ3v) is 3.90. The van der Waals surface area contributed by atoms with Crippen LogP contribution in [0.4, 0.5) is 0 Å². The van der Waals surface area contributed by atoms with E-state index in [4.69, 9.17) is 5.73 Å². The second-order valence-electron chi connectivity index (χ2n) is 5.31. The van der Waals surface area contributed by atoms with Crippen molar-refractivity contribution in [2.24, 2.45) is 11.7 Å². The van der Waals surface area contributed by atoms with E-state index in [2.05, 4.69) is 11.8 Å². The van der Waals surface area contributed by atoms with Crippen molar-refractivity contribution in [3.63, 3.8) is 0 Å². The van der Waals surface area contributed by atoms with Crippen LogP contribution in [0.15, 0.2) is 0 Å². The van der Waals surface area contributed by atoms with Crippen molar-refractivity contribution in [1.29, 1.82) is 0 Å². The Hall–Kier alpha value is -0.120. The van der Waals surface area contributed by atoms with Crippen LogP contribution < -0.4 is 5.73 Å². The van der Waals surface area contributed by atoms with Crippen molar-refractivity contribution in [1.82, 2.24) is 4.90 Å². The first-order valence-electron chi connectivity index (χ1n) is 5.77. The molecule has 0 bridgehead atoms. The van der Waals surface area contributed by atoms with Gasteiger partial charge in [0.25, 0.3) is 0 Å². The summed E-state index contributed by atoms with van der Waals surface area (Å²) in [6, 6.07) is 0.636. The molecule has 2 aliphatic rings. The first-order valence-corrected chi connectivity index (χ1v) is 5.77. The topological polar surface area (TPSA) is 49.5 Å². The maximum atomic E-state index is 9.19. The Morgan fingerprint density at radius 1 is 1.50 bits per heavy atom. The Labute approximate surface area is 86.3 Å². The van der Waals surface area contributed by atoms with E-state index in [1.165, 1.54) is 25.9 Å². The molecule has 82 valence electrons. The molecule has 1 aliphatic carbocycles. The molecule has 0 amide bonds. The van der Waals surface area contributed by atoms with Gasteiger partial charge >= 0.3 is 0 Å². The van der Waals surface area contributed by atoms with Gasteiger partial charge in [-0.25, -0.2) is 0 Å².